The van der Waals surface area contributed by atoms with E-state index in [1.165, 1.54) is 5.57 Å². The third-order valence-corrected chi connectivity index (χ3v) is 2.20. The summed E-state index contributed by atoms with van der Waals surface area (Å²) in [7, 11) is 0. The number of nitrogens with one attached hydrogen (secondary N) is 1. The van der Waals surface area contributed by atoms with Gasteiger partial charge >= 0.3 is 0 Å². The normalized spacial score (nSPS) is 12.7. The van der Waals surface area contributed by atoms with Crippen molar-refractivity contribution in [2.45, 2.75) is 32.7 Å². The van der Waals surface area contributed by atoms with Gasteiger partial charge in [-0.15, -0.1) is 6.58 Å². The smallest absolute Gasteiger partial charge is 0.120 e. The van der Waals surface area contributed by atoms with E-state index in [2.05, 4.69) is 25.7 Å². The molecule has 14 heavy (non-hydrogen) atoms. The van der Waals surface area contributed by atoms with Crippen molar-refractivity contribution >= 4 is 0 Å². The lowest BCUT2D eigenvalue weighted by molar-refractivity contribution is 0.401. The Balaban J connectivity index is 2.51. The summed E-state index contributed by atoms with van der Waals surface area (Å²) in [5.41, 5.74) is 1.22. The lowest BCUT2D eigenvalue weighted by Crippen LogP contribution is -2.20. The Kier molecular flexibility index (Phi) is 4.47. The van der Waals surface area contributed by atoms with Gasteiger partial charge in [0.05, 0.1) is 12.3 Å². The van der Waals surface area contributed by atoms with Crippen LogP contribution in [0.15, 0.2) is 35.0 Å². The first-order chi connectivity index (χ1) is 6.74. The molecule has 1 heterocycles. The Labute approximate surface area is 86.0 Å². The van der Waals surface area contributed by atoms with Crippen molar-refractivity contribution in [2.75, 3.05) is 6.54 Å². The average Bonchev–Trinajstić information content (AvgIpc) is 2.64. The molecule has 78 valence electrons. The molecule has 0 radical (unpaired) electrons. The second kappa shape index (κ2) is 5.66. The van der Waals surface area contributed by atoms with Crippen LogP contribution >= 0.6 is 0 Å². The largest absolute Gasteiger partial charge is 0.468 e. The van der Waals surface area contributed by atoms with Gasteiger partial charge in [0.1, 0.15) is 5.76 Å². The molecule has 0 bridgehead atoms. The number of allylic oxidation sites excluding steroid dienone is 1. The quantitative estimate of drug-likeness (QED) is 0.701. The van der Waals surface area contributed by atoms with Crippen LogP contribution in [0.3, 0.4) is 0 Å². The van der Waals surface area contributed by atoms with Gasteiger partial charge in [-0.1, -0.05) is 12.5 Å². The molecule has 0 saturated carbocycles. The summed E-state index contributed by atoms with van der Waals surface area (Å²) in [6.07, 6.45) is 3.81. The molecule has 1 N–H and O–H groups in total. The van der Waals surface area contributed by atoms with Crippen molar-refractivity contribution in [3.05, 3.63) is 36.3 Å². The predicted molar refractivity (Wildman–Crippen MR) is 59.2 cm³/mol. The fourth-order valence-electron chi connectivity index (χ4n) is 1.47. The highest BCUT2D eigenvalue weighted by Crippen LogP contribution is 2.20. The monoisotopic (exact) mass is 193 g/mol. The molecule has 2 nitrogen and oxygen atoms in total. The molecule has 0 aliphatic heterocycles. The van der Waals surface area contributed by atoms with Crippen LogP contribution in [0, 0.1) is 0 Å². The molecule has 1 atom stereocenters. The maximum atomic E-state index is 5.39. The minimum Gasteiger partial charge on any atom is -0.468 e. The molecule has 0 amide bonds. The zero-order valence-electron chi connectivity index (χ0n) is 9.05. The molecule has 0 aliphatic rings. The van der Waals surface area contributed by atoms with Crippen LogP contribution < -0.4 is 5.32 Å². The van der Waals surface area contributed by atoms with Gasteiger partial charge in [-0.3, -0.25) is 0 Å². The third-order valence-electron chi connectivity index (χ3n) is 2.20. The van der Waals surface area contributed by atoms with Gasteiger partial charge in [0, 0.05) is 0 Å². The van der Waals surface area contributed by atoms with E-state index in [0.717, 1.165) is 25.1 Å². The van der Waals surface area contributed by atoms with Crippen molar-refractivity contribution in [1.82, 2.24) is 5.32 Å². The first kappa shape index (κ1) is 11.1. The summed E-state index contributed by atoms with van der Waals surface area (Å²) in [6.45, 7) is 9.04. The SMILES string of the molecule is C=C(C)CCC(NCC)c1ccco1. The Bertz CT molecular complexity index is 264. The first-order valence-electron chi connectivity index (χ1n) is 5.15. The maximum absolute atomic E-state index is 5.39. The van der Waals surface area contributed by atoms with Gasteiger partial charge in [-0.2, -0.15) is 0 Å². The van der Waals surface area contributed by atoms with E-state index in [0.29, 0.717) is 6.04 Å². The van der Waals surface area contributed by atoms with Crippen molar-refractivity contribution in [2.24, 2.45) is 0 Å². The molecule has 0 saturated heterocycles. The van der Waals surface area contributed by atoms with Crippen molar-refractivity contribution in [3.8, 4) is 0 Å². The molecular formula is C12H19NO. The van der Waals surface area contributed by atoms with E-state index in [1.807, 2.05) is 12.1 Å². The summed E-state index contributed by atoms with van der Waals surface area (Å²) < 4.78 is 5.39. The minimum atomic E-state index is 0.326. The van der Waals surface area contributed by atoms with E-state index in [4.69, 9.17) is 4.42 Å². The van der Waals surface area contributed by atoms with Crippen LogP contribution in [0.2, 0.25) is 0 Å². The fourth-order valence-corrected chi connectivity index (χ4v) is 1.47. The lowest BCUT2D eigenvalue weighted by Gasteiger charge is -2.15. The van der Waals surface area contributed by atoms with Crippen molar-refractivity contribution in [1.29, 1.82) is 0 Å². The Hall–Kier alpha value is -1.02. The van der Waals surface area contributed by atoms with Crippen LogP contribution in [0.25, 0.3) is 0 Å². The predicted octanol–water partition coefficient (Wildman–Crippen LogP) is 3.29. The van der Waals surface area contributed by atoms with Crippen LogP contribution in [0.1, 0.15) is 38.5 Å². The van der Waals surface area contributed by atoms with Crippen LogP contribution in [0.5, 0.6) is 0 Å². The highest BCUT2D eigenvalue weighted by Gasteiger charge is 2.11. The van der Waals surface area contributed by atoms with E-state index in [9.17, 15) is 0 Å². The summed E-state index contributed by atoms with van der Waals surface area (Å²) >= 11 is 0. The summed E-state index contributed by atoms with van der Waals surface area (Å²) in [4.78, 5) is 0. The number of rotatable bonds is 6. The number of furan rings is 1. The molecule has 1 aromatic heterocycles. The Morgan fingerprint density at radius 2 is 2.43 bits per heavy atom. The van der Waals surface area contributed by atoms with Gasteiger partial charge in [0.15, 0.2) is 0 Å². The van der Waals surface area contributed by atoms with E-state index < -0.39 is 0 Å². The molecule has 1 unspecified atom stereocenters. The summed E-state index contributed by atoms with van der Waals surface area (Å²) in [6, 6.07) is 4.28. The van der Waals surface area contributed by atoms with Crippen LogP contribution in [-0.4, -0.2) is 6.54 Å². The van der Waals surface area contributed by atoms with Crippen LogP contribution in [0.4, 0.5) is 0 Å². The first-order valence-corrected chi connectivity index (χ1v) is 5.15. The van der Waals surface area contributed by atoms with Crippen molar-refractivity contribution < 1.29 is 4.42 Å². The van der Waals surface area contributed by atoms with Gasteiger partial charge in [-0.05, 0) is 38.4 Å². The molecular weight excluding hydrogens is 174 g/mol. The molecule has 1 rings (SSSR count). The zero-order valence-corrected chi connectivity index (χ0v) is 9.05. The second-order valence-corrected chi connectivity index (χ2v) is 3.62. The minimum absolute atomic E-state index is 0.326. The average molecular weight is 193 g/mol. The fraction of sp³-hybridized carbons (Fsp3) is 0.500. The second-order valence-electron chi connectivity index (χ2n) is 3.62. The molecule has 0 aromatic carbocycles. The maximum Gasteiger partial charge on any atom is 0.120 e. The van der Waals surface area contributed by atoms with Crippen molar-refractivity contribution in [3.63, 3.8) is 0 Å². The molecule has 0 spiro atoms. The number of hydrogen-bond donors (Lipinski definition) is 1. The zero-order chi connectivity index (χ0) is 10.4. The lowest BCUT2D eigenvalue weighted by atomic mass is 10.1. The molecule has 1 aromatic rings. The Morgan fingerprint density at radius 3 is 2.93 bits per heavy atom. The van der Waals surface area contributed by atoms with Gasteiger partial charge in [-0.25, -0.2) is 0 Å². The van der Waals surface area contributed by atoms with E-state index >= 15 is 0 Å². The number of hydrogen-bond acceptors (Lipinski definition) is 2. The Morgan fingerprint density at radius 1 is 1.64 bits per heavy atom. The highest BCUT2D eigenvalue weighted by atomic mass is 16.3. The summed E-state index contributed by atoms with van der Waals surface area (Å²) in [5, 5.41) is 3.41. The van der Waals surface area contributed by atoms with Crippen LogP contribution in [-0.2, 0) is 0 Å². The third kappa shape index (κ3) is 3.38. The van der Waals surface area contributed by atoms with Gasteiger partial charge < -0.3 is 9.73 Å². The van der Waals surface area contributed by atoms with Gasteiger partial charge in [0.25, 0.3) is 0 Å². The van der Waals surface area contributed by atoms with Gasteiger partial charge in [0.2, 0.25) is 0 Å². The molecule has 0 fully saturated rings. The standard InChI is InChI=1S/C12H19NO/c1-4-13-11(8-7-10(2)3)12-6-5-9-14-12/h5-6,9,11,13H,2,4,7-8H2,1,3H3. The molecule has 2 heteroatoms. The van der Waals surface area contributed by atoms with E-state index in [-0.39, 0.29) is 0 Å². The topological polar surface area (TPSA) is 25.2 Å². The highest BCUT2D eigenvalue weighted by molar-refractivity contribution is 5.05. The van der Waals surface area contributed by atoms with E-state index in [1.54, 1.807) is 6.26 Å². The summed E-state index contributed by atoms with van der Waals surface area (Å²) in [5.74, 6) is 1.02. The molecule has 0 aliphatic carbocycles.